The molecule has 0 aromatic heterocycles. The predicted octanol–water partition coefficient (Wildman–Crippen LogP) is 2.86. The zero-order chi connectivity index (χ0) is 14.8. The Kier molecular flexibility index (Phi) is 3.80. The van der Waals surface area contributed by atoms with Crippen molar-refractivity contribution in [1.29, 1.82) is 0 Å². The summed E-state index contributed by atoms with van der Waals surface area (Å²) >= 11 is 0. The van der Waals surface area contributed by atoms with E-state index in [1.807, 2.05) is 24.3 Å². The number of nitrogens with two attached hydrogens (primary N) is 1. The molecule has 0 saturated heterocycles. The van der Waals surface area contributed by atoms with Crippen LogP contribution >= 0.6 is 0 Å². The summed E-state index contributed by atoms with van der Waals surface area (Å²) in [6, 6.07) is 10.9. The monoisotopic (exact) mass is 284 g/mol. The first-order valence-electron chi connectivity index (χ1n) is 7.42. The van der Waals surface area contributed by atoms with Gasteiger partial charge >= 0.3 is 0 Å². The molecule has 0 heterocycles. The van der Waals surface area contributed by atoms with Crippen LogP contribution in [0.4, 0.5) is 5.69 Å². The van der Waals surface area contributed by atoms with Crippen molar-refractivity contribution in [2.45, 2.75) is 19.3 Å². The maximum Gasteiger partial charge on any atom is 0.227 e. The molecular weight excluding hydrogens is 264 g/mol. The lowest BCUT2D eigenvalue weighted by Gasteiger charge is -2.18. The summed E-state index contributed by atoms with van der Waals surface area (Å²) in [5.41, 5.74) is 6.50. The maximum absolute atomic E-state index is 12.5. The van der Waals surface area contributed by atoms with Crippen molar-refractivity contribution in [3.8, 4) is 5.75 Å². The van der Waals surface area contributed by atoms with Crippen molar-refractivity contribution >= 4 is 22.4 Å². The molecule has 2 atom stereocenters. The lowest BCUT2D eigenvalue weighted by molar-refractivity contribution is -0.120. The first kappa shape index (κ1) is 13.9. The van der Waals surface area contributed by atoms with E-state index in [1.165, 1.54) is 0 Å². The third kappa shape index (κ3) is 2.59. The smallest absolute Gasteiger partial charge is 0.227 e. The number of nitrogens with one attached hydrogen (secondary N) is 1. The van der Waals surface area contributed by atoms with Crippen molar-refractivity contribution in [1.82, 2.24) is 0 Å². The van der Waals surface area contributed by atoms with E-state index in [0.717, 1.165) is 35.7 Å². The van der Waals surface area contributed by atoms with Gasteiger partial charge in [-0.15, -0.1) is 0 Å². The maximum atomic E-state index is 12.5. The average molecular weight is 284 g/mol. The van der Waals surface area contributed by atoms with Gasteiger partial charge in [0.1, 0.15) is 5.75 Å². The Morgan fingerprint density at radius 1 is 1.19 bits per heavy atom. The molecule has 1 aliphatic rings. The minimum absolute atomic E-state index is 0.00238. The fourth-order valence-electron chi connectivity index (χ4n) is 3.29. The molecule has 0 radical (unpaired) electrons. The van der Waals surface area contributed by atoms with Gasteiger partial charge in [0.2, 0.25) is 5.91 Å². The van der Waals surface area contributed by atoms with Crippen LogP contribution in [-0.4, -0.2) is 17.6 Å². The number of amides is 1. The molecule has 1 fully saturated rings. The summed E-state index contributed by atoms with van der Waals surface area (Å²) < 4.78 is 0. The predicted molar refractivity (Wildman–Crippen MR) is 84.1 cm³/mol. The van der Waals surface area contributed by atoms with Crippen LogP contribution in [0.2, 0.25) is 0 Å². The Morgan fingerprint density at radius 2 is 1.95 bits per heavy atom. The second kappa shape index (κ2) is 5.74. The summed E-state index contributed by atoms with van der Waals surface area (Å²) in [6.07, 6.45) is 3.00. The Hall–Kier alpha value is -2.07. The number of carbonyl (C=O) groups is 1. The van der Waals surface area contributed by atoms with Crippen molar-refractivity contribution < 1.29 is 9.90 Å². The van der Waals surface area contributed by atoms with Crippen LogP contribution < -0.4 is 11.1 Å². The standard InChI is InChI=1S/C17H20N2O2/c18-10-11-4-1-5-12(11)17(21)19-15-8-2-7-14-13(15)6-3-9-16(14)20/h2-3,6-9,11-12,20H,1,4-5,10,18H2,(H,19,21). The molecule has 1 aliphatic carbocycles. The van der Waals surface area contributed by atoms with Crippen LogP contribution in [0, 0.1) is 11.8 Å². The highest BCUT2D eigenvalue weighted by Gasteiger charge is 2.32. The third-order valence-electron chi connectivity index (χ3n) is 4.46. The lowest BCUT2D eigenvalue weighted by atomic mass is 9.95. The molecule has 4 N–H and O–H groups in total. The van der Waals surface area contributed by atoms with E-state index in [4.69, 9.17) is 5.73 Å². The lowest BCUT2D eigenvalue weighted by Crippen LogP contribution is -2.29. The van der Waals surface area contributed by atoms with E-state index in [2.05, 4.69) is 5.32 Å². The van der Waals surface area contributed by atoms with E-state index in [0.29, 0.717) is 6.54 Å². The molecule has 4 nitrogen and oxygen atoms in total. The zero-order valence-corrected chi connectivity index (χ0v) is 11.9. The van der Waals surface area contributed by atoms with Gasteiger partial charge in [0.25, 0.3) is 0 Å². The van der Waals surface area contributed by atoms with E-state index in [1.54, 1.807) is 12.1 Å². The van der Waals surface area contributed by atoms with Crippen molar-refractivity contribution in [2.24, 2.45) is 17.6 Å². The Balaban J connectivity index is 1.88. The number of hydrogen-bond acceptors (Lipinski definition) is 3. The minimum Gasteiger partial charge on any atom is -0.507 e. The Bertz CT molecular complexity index is 669. The summed E-state index contributed by atoms with van der Waals surface area (Å²) in [7, 11) is 0. The highest BCUT2D eigenvalue weighted by atomic mass is 16.3. The third-order valence-corrected chi connectivity index (χ3v) is 4.46. The SMILES string of the molecule is NCC1CCCC1C(=O)Nc1cccc2c(O)cccc12. The summed E-state index contributed by atoms with van der Waals surface area (Å²) in [4.78, 5) is 12.5. The number of aromatic hydroxyl groups is 1. The largest absolute Gasteiger partial charge is 0.507 e. The normalized spacial score (nSPS) is 21.6. The van der Waals surface area contributed by atoms with Gasteiger partial charge in [-0.25, -0.2) is 0 Å². The second-order valence-electron chi connectivity index (χ2n) is 5.70. The van der Waals surface area contributed by atoms with Gasteiger partial charge in [-0.1, -0.05) is 30.7 Å². The summed E-state index contributed by atoms with van der Waals surface area (Å²) in [5.74, 6) is 0.555. The molecule has 1 amide bonds. The van der Waals surface area contributed by atoms with Crippen LogP contribution in [0.5, 0.6) is 5.75 Å². The van der Waals surface area contributed by atoms with E-state index < -0.39 is 0 Å². The molecule has 110 valence electrons. The highest BCUT2D eigenvalue weighted by Crippen LogP contribution is 2.34. The summed E-state index contributed by atoms with van der Waals surface area (Å²) in [6.45, 7) is 0.564. The van der Waals surface area contributed by atoms with Crippen LogP contribution in [0.15, 0.2) is 36.4 Å². The van der Waals surface area contributed by atoms with Crippen LogP contribution in [-0.2, 0) is 4.79 Å². The topological polar surface area (TPSA) is 75.4 Å². The second-order valence-corrected chi connectivity index (χ2v) is 5.70. The molecule has 0 bridgehead atoms. The number of anilines is 1. The van der Waals surface area contributed by atoms with Crippen molar-refractivity contribution in [2.75, 3.05) is 11.9 Å². The van der Waals surface area contributed by atoms with Crippen LogP contribution in [0.1, 0.15) is 19.3 Å². The van der Waals surface area contributed by atoms with Gasteiger partial charge in [-0.2, -0.15) is 0 Å². The van der Waals surface area contributed by atoms with E-state index in [9.17, 15) is 9.90 Å². The molecule has 2 aromatic rings. The van der Waals surface area contributed by atoms with Gasteiger partial charge in [-0.3, -0.25) is 4.79 Å². The number of hydrogen-bond donors (Lipinski definition) is 3. The number of benzene rings is 2. The number of phenols is 1. The fourth-order valence-corrected chi connectivity index (χ4v) is 3.29. The highest BCUT2D eigenvalue weighted by molar-refractivity contribution is 6.04. The first-order chi connectivity index (χ1) is 10.2. The Morgan fingerprint density at radius 3 is 2.76 bits per heavy atom. The molecule has 3 rings (SSSR count). The van der Waals surface area contributed by atoms with Gasteiger partial charge in [-0.05, 0) is 37.4 Å². The number of carbonyl (C=O) groups excluding carboxylic acids is 1. The number of fused-ring (bicyclic) bond motifs is 1. The fraction of sp³-hybridized carbons (Fsp3) is 0.353. The molecule has 2 unspecified atom stereocenters. The average Bonchev–Trinajstić information content (AvgIpc) is 2.97. The molecule has 2 aromatic carbocycles. The van der Waals surface area contributed by atoms with Crippen LogP contribution in [0.3, 0.4) is 0 Å². The van der Waals surface area contributed by atoms with Gasteiger partial charge in [0.05, 0.1) is 0 Å². The van der Waals surface area contributed by atoms with E-state index >= 15 is 0 Å². The molecule has 0 aliphatic heterocycles. The van der Waals surface area contributed by atoms with Gasteiger partial charge in [0, 0.05) is 22.4 Å². The summed E-state index contributed by atoms with van der Waals surface area (Å²) in [5, 5.41) is 14.5. The molecular formula is C17H20N2O2. The first-order valence-corrected chi connectivity index (χ1v) is 7.42. The Labute approximate surface area is 124 Å². The van der Waals surface area contributed by atoms with Gasteiger partial charge in [0.15, 0.2) is 0 Å². The quantitative estimate of drug-likeness (QED) is 0.811. The zero-order valence-electron chi connectivity index (χ0n) is 11.9. The van der Waals surface area contributed by atoms with Gasteiger partial charge < -0.3 is 16.2 Å². The molecule has 0 spiro atoms. The molecule has 4 heteroatoms. The number of rotatable bonds is 3. The van der Waals surface area contributed by atoms with Crippen LogP contribution in [0.25, 0.3) is 10.8 Å². The molecule has 21 heavy (non-hydrogen) atoms. The minimum atomic E-state index is 0.00238. The van der Waals surface area contributed by atoms with Crippen molar-refractivity contribution in [3.05, 3.63) is 36.4 Å². The number of phenolic OH excluding ortho intramolecular Hbond substituents is 1. The van der Waals surface area contributed by atoms with Crippen molar-refractivity contribution in [3.63, 3.8) is 0 Å². The molecule has 1 saturated carbocycles. The van der Waals surface area contributed by atoms with E-state index in [-0.39, 0.29) is 23.5 Å².